The van der Waals surface area contributed by atoms with Crippen LogP contribution in [0, 0.1) is 6.92 Å². The van der Waals surface area contributed by atoms with Crippen molar-refractivity contribution in [2.24, 2.45) is 5.73 Å². The molecular weight excluding hydrogens is 388 g/mol. The fourth-order valence-corrected chi connectivity index (χ4v) is 3.55. The van der Waals surface area contributed by atoms with Crippen molar-refractivity contribution in [1.82, 2.24) is 14.7 Å². The van der Waals surface area contributed by atoms with Crippen molar-refractivity contribution in [2.45, 2.75) is 32.4 Å². The van der Waals surface area contributed by atoms with Crippen molar-refractivity contribution in [2.75, 3.05) is 0 Å². The Morgan fingerprint density at radius 1 is 1.21 bits per heavy atom. The maximum atomic E-state index is 13.3. The lowest BCUT2D eigenvalue weighted by molar-refractivity contribution is 0.0728. The van der Waals surface area contributed by atoms with E-state index in [1.807, 2.05) is 42.2 Å². The zero-order valence-electron chi connectivity index (χ0n) is 16.0. The summed E-state index contributed by atoms with van der Waals surface area (Å²) >= 11 is 6.09. The first-order chi connectivity index (χ1) is 13.9. The molecule has 1 heterocycles. The van der Waals surface area contributed by atoms with Crippen LogP contribution in [0.25, 0.3) is 5.69 Å². The molecule has 29 heavy (non-hydrogen) atoms. The first-order valence-electron chi connectivity index (χ1n) is 9.44. The quantitative estimate of drug-likeness (QED) is 0.674. The van der Waals surface area contributed by atoms with E-state index in [1.54, 1.807) is 29.1 Å². The molecule has 0 radical (unpaired) electrons. The summed E-state index contributed by atoms with van der Waals surface area (Å²) in [6.07, 6.45) is 3.60. The predicted octanol–water partition coefficient (Wildman–Crippen LogP) is 3.74. The average Bonchev–Trinajstić information content (AvgIpc) is 3.47. The third-order valence-electron chi connectivity index (χ3n) is 5.13. The van der Waals surface area contributed by atoms with E-state index in [1.165, 1.54) is 0 Å². The molecule has 3 aromatic rings. The number of carbonyl (C=O) groups excluding carboxylic acids is 2. The second kappa shape index (κ2) is 7.72. The minimum atomic E-state index is -0.462. The first kappa shape index (κ1) is 19.2. The van der Waals surface area contributed by atoms with Gasteiger partial charge in [-0.3, -0.25) is 9.59 Å². The van der Waals surface area contributed by atoms with Gasteiger partial charge in [0.15, 0.2) is 0 Å². The number of benzene rings is 2. The van der Waals surface area contributed by atoms with Crippen molar-refractivity contribution in [3.63, 3.8) is 0 Å². The maximum absolute atomic E-state index is 13.3. The number of rotatable bonds is 6. The van der Waals surface area contributed by atoms with Gasteiger partial charge in [0.05, 0.1) is 23.1 Å². The lowest BCUT2D eigenvalue weighted by Gasteiger charge is -2.22. The van der Waals surface area contributed by atoms with Crippen LogP contribution in [-0.2, 0) is 6.54 Å². The SMILES string of the molecule is Cc1c(C(=O)N(Cc2ccc(C(N)=O)cc2)C2CC2)cnn1-c1cccc(Cl)c1. The van der Waals surface area contributed by atoms with Gasteiger partial charge in [0.2, 0.25) is 5.91 Å². The third-order valence-corrected chi connectivity index (χ3v) is 5.37. The molecule has 0 spiro atoms. The Balaban J connectivity index is 1.59. The fourth-order valence-electron chi connectivity index (χ4n) is 3.37. The van der Waals surface area contributed by atoms with Gasteiger partial charge >= 0.3 is 0 Å². The number of aromatic nitrogens is 2. The number of nitrogens with zero attached hydrogens (tertiary/aromatic N) is 3. The van der Waals surface area contributed by atoms with Crippen LogP contribution in [0.2, 0.25) is 5.02 Å². The van der Waals surface area contributed by atoms with Crippen LogP contribution in [0.15, 0.2) is 54.7 Å². The number of carbonyl (C=O) groups is 2. The smallest absolute Gasteiger partial charge is 0.257 e. The minimum absolute atomic E-state index is 0.0442. The number of halogens is 1. The van der Waals surface area contributed by atoms with Gasteiger partial charge in [-0.1, -0.05) is 29.8 Å². The molecule has 7 heteroatoms. The van der Waals surface area contributed by atoms with E-state index in [-0.39, 0.29) is 11.9 Å². The van der Waals surface area contributed by atoms with Crippen LogP contribution in [0.3, 0.4) is 0 Å². The molecule has 0 bridgehead atoms. The Labute approximate surface area is 173 Å². The highest BCUT2D eigenvalue weighted by Crippen LogP contribution is 2.31. The summed E-state index contributed by atoms with van der Waals surface area (Å²) < 4.78 is 1.73. The number of hydrogen-bond donors (Lipinski definition) is 1. The van der Waals surface area contributed by atoms with Crippen molar-refractivity contribution in [3.8, 4) is 5.69 Å². The molecule has 2 N–H and O–H groups in total. The van der Waals surface area contributed by atoms with Crippen LogP contribution in [0.1, 0.15) is 44.8 Å². The Kier molecular flexibility index (Phi) is 5.11. The molecule has 1 saturated carbocycles. The summed E-state index contributed by atoms with van der Waals surface area (Å²) in [6.45, 7) is 2.36. The van der Waals surface area contributed by atoms with E-state index in [4.69, 9.17) is 17.3 Å². The number of hydrogen-bond acceptors (Lipinski definition) is 3. The van der Waals surface area contributed by atoms with Crippen LogP contribution >= 0.6 is 11.6 Å². The summed E-state index contributed by atoms with van der Waals surface area (Å²) in [5.74, 6) is -0.506. The topological polar surface area (TPSA) is 81.2 Å². The lowest BCUT2D eigenvalue weighted by atomic mass is 10.1. The standard InChI is InChI=1S/C22H21ClN4O2/c1-14-20(12-25-27(14)19-4-2-3-17(23)11-19)22(29)26(18-9-10-18)13-15-5-7-16(8-6-15)21(24)28/h2-8,11-12,18H,9-10,13H2,1H3,(H2,24,28). The molecule has 1 aliphatic carbocycles. The number of amides is 2. The highest BCUT2D eigenvalue weighted by atomic mass is 35.5. The van der Waals surface area contributed by atoms with Crippen LogP contribution in [-0.4, -0.2) is 32.5 Å². The molecular formula is C22H21ClN4O2. The van der Waals surface area contributed by atoms with Crippen molar-refractivity contribution < 1.29 is 9.59 Å². The van der Waals surface area contributed by atoms with Crippen molar-refractivity contribution in [3.05, 3.63) is 82.1 Å². The van der Waals surface area contributed by atoms with Gasteiger partial charge in [0.25, 0.3) is 5.91 Å². The number of primary amides is 1. The molecule has 4 rings (SSSR count). The Morgan fingerprint density at radius 3 is 2.55 bits per heavy atom. The second-order valence-electron chi connectivity index (χ2n) is 7.26. The normalized spacial score (nSPS) is 13.3. The van der Waals surface area contributed by atoms with Crippen LogP contribution in [0.4, 0.5) is 0 Å². The van der Waals surface area contributed by atoms with E-state index < -0.39 is 5.91 Å². The zero-order chi connectivity index (χ0) is 20.5. The molecule has 0 aliphatic heterocycles. The Hall–Kier alpha value is -3.12. The van der Waals surface area contributed by atoms with E-state index in [2.05, 4.69) is 5.10 Å². The monoisotopic (exact) mass is 408 g/mol. The largest absolute Gasteiger partial charge is 0.366 e. The third kappa shape index (κ3) is 4.03. The molecule has 1 aromatic heterocycles. The summed E-state index contributed by atoms with van der Waals surface area (Å²) in [6, 6.07) is 14.7. The van der Waals surface area contributed by atoms with Crippen molar-refractivity contribution >= 4 is 23.4 Å². The van der Waals surface area contributed by atoms with Gasteiger partial charge in [-0.05, 0) is 55.7 Å². The van der Waals surface area contributed by atoms with E-state index >= 15 is 0 Å². The highest BCUT2D eigenvalue weighted by molar-refractivity contribution is 6.30. The van der Waals surface area contributed by atoms with E-state index in [0.29, 0.717) is 22.7 Å². The van der Waals surface area contributed by atoms with Crippen LogP contribution in [0.5, 0.6) is 0 Å². The van der Waals surface area contributed by atoms with Crippen molar-refractivity contribution in [1.29, 1.82) is 0 Å². The van der Waals surface area contributed by atoms with E-state index in [0.717, 1.165) is 29.8 Å². The average molecular weight is 409 g/mol. The molecule has 1 aliphatic rings. The predicted molar refractivity (Wildman–Crippen MR) is 111 cm³/mol. The highest BCUT2D eigenvalue weighted by Gasteiger charge is 2.34. The van der Waals surface area contributed by atoms with Gasteiger partial charge < -0.3 is 10.6 Å². The van der Waals surface area contributed by atoms with Gasteiger partial charge in [0.1, 0.15) is 0 Å². The molecule has 0 unspecified atom stereocenters. The van der Waals surface area contributed by atoms with E-state index in [9.17, 15) is 9.59 Å². The van der Waals surface area contributed by atoms with Gasteiger partial charge in [0, 0.05) is 23.2 Å². The lowest BCUT2D eigenvalue weighted by Crippen LogP contribution is -2.33. The summed E-state index contributed by atoms with van der Waals surface area (Å²) in [5, 5.41) is 5.02. The summed E-state index contributed by atoms with van der Waals surface area (Å²) in [5.41, 5.74) is 8.87. The molecule has 0 saturated heterocycles. The second-order valence-corrected chi connectivity index (χ2v) is 7.70. The van der Waals surface area contributed by atoms with Gasteiger partial charge in [-0.25, -0.2) is 4.68 Å². The molecule has 2 aromatic carbocycles. The Bertz CT molecular complexity index is 1070. The molecule has 6 nitrogen and oxygen atoms in total. The summed E-state index contributed by atoms with van der Waals surface area (Å²) in [4.78, 5) is 26.5. The minimum Gasteiger partial charge on any atom is -0.366 e. The zero-order valence-corrected chi connectivity index (χ0v) is 16.8. The maximum Gasteiger partial charge on any atom is 0.257 e. The molecule has 148 valence electrons. The number of nitrogens with two attached hydrogens (primary N) is 1. The van der Waals surface area contributed by atoms with Gasteiger partial charge in [-0.2, -0.15) is 5.10 Å². The summed E-state index contributed by atoms with van der Waals surface area (Å²) in [7, 11) is 0. The Morgan fingerprint density at radius 2 is 1.93 bits per heavy atom. The fraction of sp³-hybridized carbons (Fsp3) is 0.227. The molecule has 1 fully saturated rings. The first-order valence-corrected chi connectivity index (χ1v) is 9.82. The molecule has 2 amide bonds. The van der Waals surface area contributed by atoms with Gasteiger partial charge in [-0.15, -0.1) is 0 Å². The molecule has 0 atom stereocenters. The van der Waals surface area contributed by atoms with Crippen LogP contribution < -0.4 is 5.73 Å².